The molecule has 13 rings (SSSR count). The second-order valence-electron chi connectivity index (χ2n) is 17.0. The van der Waals surface area contributed by atoms with E-state index in [1.807, 2.05) is 66.9 Å². The van der Waals surface area contributed by atoms with Crippen LogP contribution in [0.25, 0.3) is 128 Å². The number of pyridine rings is 1. The fraction of sp³-hybridized carbons (Fsp3) is 0. The first-order valence-electron chi connectivity index (χ1n) is 22.8. The van der Waals surface area contributed by atoms with Gasteiger partial charge in [-0.15, -0.1) is 0 Å². The van der Waals surface area contributed by atoms with Crippen LogP contribution < -0.4 is 0 Å². The topological polar surface area (TPSA) is 69.6 Å². The molecule has 4 heterocycles. The maximum Gasteiger partial charge on any atom is 0.166 e. The molecule has 6 heteroatoms. The van der Waals surface area contributed by atoms with Crippen LogP contribution in [-0.4, -0.2) is 24.5 Å². The maximum absolute atomic E-state index is 6.70. The van der Waals surface area contributed by atoms with E-state index in [4.69, 9.17) is 24.4 Å². The Morgan fingerprint density at radius 1 is 0.324 bits per heavy atom. The minimum absolute atomic E-state index is 0.521. The van der Waals surface area contributed by atoms with Crippen molar-refractivity contribution < 1.29 is 4.42 Å². The van der Waals surface area contributed by atoms with Crippen molar-refractivity contribution in [1.29, 1.82) is 0 Å². The van der Waals surface area contributed by atoms with E-state index in [9.17, 15) is 0 Å². The summed E-state index contributed by atoms with van der Waals surface area (Å²) < 4.78 is 9.02. The van der Waals surface area contributed by atoms with E-state index < -0.39 is 0 Å². The molecule has 9 aromatic carbocycles. The van der Waals surface area contributed by atoms with Gasteiger partial charge in [0, 0.05) is 67.3 Å². The Morgan fingerprint density at radius 2 is 0.868 bits per heavy atom. The van der Waals surface area contributed by atoms with Gasteiger partial charge in [0.05, 0.1) is 16.7 Å². The van der Waals surface area contributed by atoms with Crippen LogP contribution in [0.5, 0.6) is 0 Å². The van der Waals surface area contributed by atoms with Crippen LogP contribution >= 0.6 is 0 Å². The molecule has 0 aliphatic carbocycles. The van der Waals surface area contributed by atoms with E-state index in [1.54, 1.807) is 0 Å². The van der Waals surface area contributed by atoms with Gasteiger partial charge in [-0.2, -0.15) is 0 Å². The van der Waals surface area contributed by atoms with E-state index in [2.05, 4.69) is 174 Å². The number of nitrogens with zero attached hydrogens (tertiary/aromatic N) is 5. The quantitative estimate of drug-likeness (QED) is 0.152. The first kappa shape index (κ1) is 39.1. The SMILES string of the molecule is c1ccc(-c2nc(-c3ccccc3)nc(-c3cc(-c4c(-c5ccccc5)cccc4-c4ccccc4)cnc3-c3ccc4oc5cc6c(cc5c4c3)c3ccccc3n6-c3ccccc3)n2)cc1. The highest BCUT2D eigenvalue weighted by atomic mass is 16.3. The highest BCUT2D eigenvalue weighted by molar-refractivity contribution is 6.18. The molecule has 0 bridgehead atoms. The smallest absolute Gasteiger partial charge is 0.166 e. The van der Waals surface area contributed by atoms with Gasteiger partial charge in [0.15, 0.2) is 17.5 Å². The summed E-state index contributed by atoms with van der Waals surface area (Å²) in [4.78, 5) is 21.1. The zero-order valence-corrected chi connectivity index (χ0v) is 36.7. The summed E-state index contributed by atoms with van der Waals surface area (Å²) in [6, 6.07) is 80.0. The van der Waals surface area contributed by atoms with E-state index in [1.165, 1.54) is 5.39 Å². The molecular formula is C62H39N5O. The molecule has 6 nitrogen and oxygen atoms in total. The Bertz CT molecular complexity index is 3880. The zero-order chi connectivity index (χ0) is 45.0. The van der Waals surface area contributed by atoms with Gasteiger partial charge in [-0.05, 0) is 76.3 Å². The van der Waals surface area contributed by atoms with Gasteiger partial charge in [0.25, 0.3) is 0 Å². The van der Waals surface area contributed by atoms with E-state index in [0.717, 1.165) is 105 Å². The average Bonchev–Trinajstić information content (AvgIpc) is 3.95. The molecule has 0 saturated heterocycles. The second-order valence-corrected chi connectivity index (χ2v) is 17.0. The third-order valence-electron chi connectivity index (χ3n) is 12.9. The van der Waals surface area contributed by atoms with Gasteiger partial charge in [-0.25, -0.2) is 15.0 Å². The molecule has 4 aromatic heterocycles. The lowest BCUT2D eigenvalue weighted by atomic mass is 9.87. The van der Waals surface area contributed by atoms with Crippen LogP contribution in [0, 0.1) is 0 Å². The monoisotopic (exact) mass is 869 g/mol. The Hall–Kier alpha value is -9.26. The molecule has 0 radical (unpaired) electrons. The minimum Gasteiger partial charge on any atom is -0.456 e. The summed E-state index contributed by atoms with van der Waals surface area (Å²) in [5.41, 5.74) is 15.6. The van der Waals surface area contributed by atoms with Crippen molar-refractivity contribution >= 4 is 43.7 Å². The summed E-state index contributed by atoms with van der Waals surface area (Å²) in [6.45, 7) is 0. The molecule has 0 fully saturated rings. The predicted octanol–water partition coefficient (Wildman–Crippen LogP) is 15.9. The molecular weight excluding hydrogens is 831 g/mol. The first-order chi connectivity index (χ1) is 33.7. The number of benzene rings is 9. The minimum atomic E-state index is 0.521. The maximum atomic E-state index is 6.70. The third-order valence-corrected chi connectivity index (χ3v) is 12.9. The lowest BCUT2D eigenvalue weighted by Crippen LogP contribution is -2.02. The second kappa shape index (κ2) is 16.3. The molecule has 0 unspecified atom stereocenters. The van der Waals surface area contributed by atoms with Crippen LogP contribution in [0.15, 0.2) is 241 Å². The van der Waals surface area contributed by atoms with Crippen molar-refractivity contribution in [1.82, 2.24) is 24.5 Å². The molecule has 68 heavy (non-hydrogen) atoms. The molecule has 0 aliphatic rings. The van der Waals surface area contributed by atoms with Crippen LogP contribution in [-0.2, 0) is 0 Å². The van der Waals surface area contributed by atoms with Crippen LogP contribution in [0.2, 0.25) is 0 Å². The van der Waals surface area contributed by atoms with Gasteiger partial charge in [-0.1, -0.05) is 176 Å². The summed E-state index contributed by atoms with van der Waals surface area (Å²) in [6.07, 6.45) is 2.00. The average molecular weight is 870 g/mol. The van der Waals surface area contributed by atoms with Crippen molar-refractivity contribution in [2.24, 2.45) is 0 Å². The standard InChI is InChI=1S/C62H39N5O/c1-6-19-40(20-7-1)47-30-18-31-48(41-21-8-2-9-22-41)58(47)45-36-53(62-65-60(42-23-10-3-11-24-42)64-61(66-62)43-25-12-4-13-26-43)59(63-39-45)44-33-34-56-51(35-44)52-37-50-49-29-16-17-32-54(49)67(46-27-14-5-15-28-46)55(50)38-57(52)68-56/h1-39H. The number of hydrogen-bond acceptors (Lipinski definition) is 5. The zero-order valence-electron chi connectivity index (χ0n) is 36.7. The number of aromatic nitrogens is 5. The fourth-order valence-corrected chi connectivity index (χ4v) is 9.75. The Labute approximate surface area is 392 Å². The van der Waals surface area contributed by atoms with Gasteiger partial charge in [0.1, 0.15) is 11.2 Å². The van der Waals surface area contributed by atoms with Crippen molar-refractivity contribution in [2.75, 3.05) is 0 Å². The molecule has 13 aromatic rings. The van der Waals surface area contributed by atoms with Gasteiger partial charge < -0.3 is 8.98 Å². The van der Waals surface area contributed by atoms with Gasteiger partial charge in [-0.3, -0.25) is 4.98 Å². The molecule has 0 N–H and O–H groups in total. The largest absolute Gasteiger partial charge is 0.456 e. The van der Waals surface area contributed by atoms with Crippen LogP contribution in [0.3, 0.4) is 0 Å². The normalized spacial score (nSPS) is 11.5. The Morgan fingerprint density at radius 3 is 1.50 bits per heavy atom. The fourth-order valence-electron chi connectivity index (χ4n) is 9.75. The van der Waals surface area contributed by atoms with Crippen LogP contribution in [0.4, 0.5) is 0 Å². The number of rotatable bonds is 8. The highest BCUT2D eigenvalue weighted by Gasteiger charge is 2.23. The lowest BCUT2D eigenvalue weighted by Gasteiger charge is -2.18. The van der Waals surface area contributed by atoms with E-state index >= 15 is 0 Å². The molecule has 0 saturated carbocycles. The van der Waals surface area contributed by atoms with Crippen molar-refractivity contribution in [3.63, 3.8) is 0 Å². The third kappa shape index (κ3) is 6.74. The first-order valence-corrected chi connectivity index (χ1v) is 22.8. The predicted molar refractivity (Wildman–Crippen MR) is 277 cm³/mol. The number of furan rings is 1. The molecule has 0 atom stereocenters. The van der Waals surface area contributed by atoms with Crippen molar-refractivity contribution in [3.8, 4) is 84.5 Å². The molecule has 0 aliphatic heterocycles. The Balaban J connectivity index is 1.07. The van der Waals surface area contributed by atoms with Crippen molar-refractivity contribution in [3.05, 3.63) is 237 Å². The molecule has 318 valence electrons. The van der Waals surface area contributed by atoms with E-state index in [-0.39, 0.29) is 0 Å². The molecule has 0 amide bonds. The van der Waals surface area contributed by atoms with Gasteiger partial charge >= 0.3 is 0 Å². The number of hydrogen-bond donors (Lipinski definition) is 0. The summed E-state index contributed by atoms with van der Waals surface area (Å²) in [7, 11) is 0. The van der Waals surface area contributed by atoms with Crippen LogP contribution in [0.1, 0.15) is 0 Å². The summed E-state index contributed by atoms with van der Waals surface area (Å²) >= 11 is 0. The lowest BCUT2D eigenvalue weighted by molar-refractivity contribution is 0.669. The van der Waals surface area contributed by atoms with Crippen molar-refractivity contribution in [2.45, 2.75) is 0 Å². The highest BCUT2D eigenvalue weighted by Crippen LogP contribution is 2.44. The summed E-state index contributed by atoms with van der Waals surface area (Å²) in [5, 5.41) is 4.37. The number of para-hydroxylation sites is 2. The number of fused-ring (bicyclic) bond motifs is 6. The van der Waals surface area contributed by atoms with E-state index in [0.29, 0.717) is 17.5 Å². The van der Waals surface area contributed by atoms with Gasteiger partial charge in [0.2, 0.25) is 0 Å². The Kier molecular flexibility index (Phi) is 9.39. The summed E-state index contributed by atoms with van der Waals surface area (Å²) in [5.74, 6) is 1.68. The molecule has 0 spiro atoms.